The molecule has 2 aromatic rings. The van der Waals surface area contributed by atoms with E-state index in [4.69, 9.17) is 5.73 Å². The van der Waals surface area contributed by atoms with E-state index in [2.05, 4.69) is 0 Å². The SMILES string of the molecule is CCS(=O)(=O)Cc1csc2c(N)cccc12. The van der Waals surface area contributed by atoms with Crippen molar-refractivity contribution in [1.82, 2.24) is 0 Å². The topological polar surface area (TPSA) is 60.2 Å². The van der Waals surface area contributed by atoms with Gasteiger partial charge in [0.05, 0.1) is 10.5 Å². The normalized spacial score (nSPS) is 12.1. The molecule has 0 aliphatic rings. The van der Waals surface area contributed by atoms with Crippen LogP contribution in [-0.2, 0) is 15.6 Å². The van der Waals surface area contributed by atoms with Crippen LogP contribution >= 0.6 is 11.3 Å². The molecule has 0 aliphatic heterocycles. The number of anilines is 1. The summed E-state index contributed by atoms with van der Waals surface area (Å²) in [4.78, 5) is 0. The molecule has 0 saturated heterocycles. The standard InChI is InChI=1S/C11H13NO2S2/c1-2-16(13,14)7-8-6-15-11-9(8)4-3-5-10(11)12/h3-6H,2,7,12H2,1H3. The van der Waals surface area contributed by atoms with E-state index in [1.165, 1.54) is 11.3 Å². The van der Waals surface area contributed by atoms with Crippen LogP contribution in [0.1, 0.15) is 12.5 Å². The van der Waals surface area contributed by atoms with Crippen molar-refractivity contribution in [3.05, 3.63) is 29.1 Å². The fourth-order valence-electron chi connectivity index (χ4n) is 1.58. The summed E-state index contributed by atoms with van der Waals surface area (Å²) in [6.07, 6.45) is 0. The van der Waals surface area contributed by atoms with Crippen LogP contribution in [-0.4, -0.2) is 14.2 Å². The van der Waals surface area contributed by atoms with Crippen molar-refractivity contribution in [1.29, 1.82) is 0 Å². The highest BCUT2D eigenvalue weighted by Crippen LogP contribution is 2.31. The lowest BCUT2D eigenvalue weighted by Gasteiger charge is -2.00. The zero-order valence-electron chi connectivity index (χ0n) is 8.93. The first-order chi connectivity index (χ1) is 7.53. The summed E-state index contributed by atoms with van der Waals surface area (Å²) in [5.41, 5.74) is 7.39. The predicted molar refractivity (Wildman–Crippen MR) is 69.4 cm³/mol. The number of nitrogen functional groups attached to an aromatic ring is 1. The fourth-order valence-corrected chi connectivity index (χ4v) is 3.61. The van der Waals surface area contributed by atoms with Crippen LogP contribution in [0.2, 0.25) is 0 Å². The van der Waals surface area contributed by atoms with Crippen molar-refractivity contribution in [2.75, 3.05) is 11.5 Å². The van der Waals surface area contributed by atoms with Crippen LogP contribution in [0.4, 0.5) is 5.69 Å². The minimum absolute atomic E-state index is 0.104. The molecule has 0 fully saturated rings. The van der Waals surface area contributed by atoms with E-state index in [0.29, 0.717) is 5.69 Å². The minimum Gasteiger partial charge on any atom is -0.398 e. The maximum atomic E-state index is 11.6. The Morgan fingerprint density at radius 3 is 2.81 bits per heavy atom. The quantitative estimate of drug-likeness (QED) is 0.857. The molecule has 0 atom stereocenters. The van der Waals surface area contributed by atoms with Crippen LogP contribution in [0.5, 0.6) is 0 Å². The summed E-state index contributed by atoms with van der Waals surface area (Å²) < 4.78 is 24.1. The van der Waals surface area contributed by atoms with Gasteiger partial charge >= 0.3 is 0 Å². The Morgan fingerprint density at radius 1 is 1.38 bits per heavy atom. The summed E-state index contributed by atoms with van der Waals surface area (Å²) in [7, 11) is -2.98. The van der Waals surface area contributed by atoms with E-state index >= 15 is 0 Å². The maximum absolute atomic E-state index is 11.6. The predicted octanol–water partition coefficient (Wildman–Crippen LogP) is 2.42. The molecule has 2 rings (SSSR count). The summed E-state index contributed by atoms with van der Waals surface area (Å²) in [6, 6.07) is 5.60. The van der Waals surface area contributed by atoms with Gasteiger partial charge in [-0.05, 0) is 22.4 Å². The van der Waals surface area contributed by atoms with Crippen molar-refractivity contribution < 1.29 is 8.42 Å². The molecule has 86 valence electrons. The number of thiophene rings is 1. The van der Waals surface area contributed by atoms with Gasteiger partial charge in [-0.15, -0.1) is 11.3 Å². The van der Waals surface area contributed by atoms with Gasteiger partial charge in [-0.1, -0.05) is 19.1 Å². The molecule has 0 amide bonds. The molecular formula is C11H13NO2S2. The molecule has 0 aliphatic carbocycles. The number of hydrogen-bond donors (Lipinski definition) is 1. The lowest BCUT2D eigenvalue weighted by molar-refractivity contribution is 0.596. The van der Waals surface area contributed by atoms with Gasteiger partial charge in [0.25, 0.3) is 0 Å². The summed E-state index contributed by atoms with van der Waals surface area (Å²) in [6.45, 7) is 1.66. The fraction of sp³-hybridized carbons (Fsp3) is 0.273. The van der Waals surface area contributed by atoms with Gasteiger partial charge < -0.3 is 5.73 Å². The molecule has 0 bridgehead atoms. The van der Waals surface area contributed by atoms with Crippen LogP contribution in [0.25, 0.3) is 10.1 Å². The van der Waals surface area contributed by atoms with E-state index in [1.54, 1.807) is 6.92 Å². The van der Waals surface area contributed by atoms with Gasteiger partial charge in [0, 0.05) is 11.4 Å². The lowest BCUT2D eigenvalue weighted by Crippen LogP contribution is -2.05. The third kappa shape index (κ3) is 2.05. The molecule has 1 heterocycles. The van der Waals surface area contributed by atoms with E-state index in [0.717, 1.165) is 15.6 Å². The maximum Gasteiger partial charge on any atom is 0.154 e. The molecule has 1 aromatic carbocycles. The van der Waals surface area contributed by atoms with E-state index in [1.807, 2.05) is 23.6 Å². The molecular weight excluding hydrogens is 242 g/mol. The smallest absolute Gasteiger partial charge is 0.154 e. The van der Waals surface area contributed by atoms with Gasteiger partial charge in [0.1, 0.15) is 0 Å². The highest BCUT2D eigenvalue weighted by atomic mass is 32.2. The van der Waals surface area contributed by atoms with Crippen molar-refractivity contribution in [2.45, 2.75) is 12.7 Å². The zero-order valence-corrected chi connectivity index (χ0v) is 10.6. The number of hydrogen-bond acceptors (Lipinski definition) is 4. The van der Waals surface area contributed by atoms with Gasteiger partial charge in [-0.3, -0.25) is 0 Å². The van der Waals surface area contributed by atoms with Crippen LogP contribution < -0.4 is 5.73 Å². The van der Waals surface area contributed by atoms with Crippen molar-refractivity contribution in [2.24, 2.45) is 0 Å². The van der Waals surface area contributed by atoms with Gasteiger partial charge in [0.15, 0.2) is 9.84 Å². The van der Waals surface area contributed by atoms with Crippen LogP contribution in [0.3, 0.4) is 0 Å². The Bertz CT molecular complexity index is 614. The van der Waals surface area contributed by atoms with E-state index in [9.17, 15) is 8.42 Å². The summed E-state index contributed by atoms with van der Waals surface area (Å²) in [5, 5.41) is 2.84. The highest BCUT2D eigenvalue weighted by Gasteiger charge is 2.13. The number of nitrogens with two attached hydrogens (primary N) is 1. The molecule has 2 N–H and O–H groups in total. The van der Waals surface area contributed by atoms with Gasteiger partial charge in [-0.25, -0.2) is 8.42 Å². The van der Waals surface area contributed by atoms with E-state index in [-0.39, 0.29) is 11.5 Å². The molecule has 0 saturated carbocycles. The van der Waals surface area contributed by atoms with Crippen molar-refractivity contribution in [3.8, 4) is 0 Å². The number of rotatable bonds is 3. The second-order valence-corrected chi connectivity index (χ2v) is 6.89. The Kier molecular flexibility index (Phi) is 2.90. The first-order valence-electron chi connectivity index (χ1n) is 4.98. The Labute approximate surface area is 98.8 Å². The number of benzene rings is 1. The lowest BCUT2D eigenvalue weighted by atomic mass is 10.2. The summed E-state index contributed by atoms with van der Waals surface area (Å²) >= 11 is 1.50. The van der Waals surface area contributed by atoms with Crippen LogP contribution in [0.15, 0.2) is 23.6 Å². The summed E-state index contributed by atoms with van der Waals surface area (Å²) in [5.74, 6) is 0.277. The highest BCUT2D eigenvalue weighted by molar-refractivity contribution is 7.90. The molecule has 1 aromatic heterocycles. The zero-order chi connectivity index (χ0) is 11.8. The molecule has 3 nitrogen and oxygen atoms in total. The molecule has 0 radical (unpaired) electrons. The molecule has 5 heteroatoms. The minimum atomic E-state index is -2.98. The monoisotopic (exact) mass is 255 g/mol. The molecule has 0 unspecified atom stereocenters. The number of fused-ring (bicyclic) bond motifs is 1. The number of sulfone groups is 1. The van der Waals surface area contributed by atoms with Crippen molar-refractivity contribution >= 4 is 36.9 Å². The Balaban J connectivity index is 2.51. The molecule has 16 heavy (non-hydrogen) atoms. The van der Waals surface area contributed by atoms with Gasteiger partial charge in [-0.2, -0.15) is 0 Å². The van der Waals surface area contributed by atoms with Crippen LogP contribution in [0, 0.1) is 0 Å². The van der Waals surface area contributed by atoms with Crippen molar-refractivity contribution in [3.63, 3.8) is 0 Å². The average Bonchev–Trinajstić information content (AvgIpc) is 2.63. The third-order valence-corrected chi connectivity index (χ3v) is 5.25. The third-order valence-electron chi connectivity index (χ3n) is 2.53. The Morgan fingerprint density at radius 2 is 2.12 bits per heavy atom. The first kappa shape index (κ1) is 11.4. The second-order valence-electron chi connectivity index (χ2n) is 3.66. The second kappa shape index (κ2) is 4.07. The van der Waals surface area contributed by atoms with Gasteiger partial charge in [0.2, 0.25) is 0 Å². The largest absolute Gasteiger partial charge is 0.398 e. The average molecular weight is 255 g/mol. The van der Waals surface area contributed by atoms with E-state index < -0.39 is 9.84 Å². The molecule has 0 spiro atoms. The first-order valence-corrected chi connectivity index (χ1v) is 7.68. The Hall–Kier alpha value is -1.07.